The van der Waals surface area contributed by atoms with E-state index in [1.54, 1.807) is 42.7 Å². The molecule has 3 aliphatic carbocycles. The minimum Gasteiger partial charge on any atom is -0.0968 e. The maximum atomic E-state index is 2.68. The van der Waals surface area contributed by atoms with E-state index in [0.717, 1.165) is 28.6 Å². The van der Waals surface area contributed by atoms with Crippen molar-refractivity contribution in [3.8, 4) is 0 Å². The van der Waals surface area contributed by atoms with Crippen molar-refractivity contribution in [3.05, 3.63) is 59.7 Å². The molecule has 3 fully saturated rings. The number of hydrogen-bond acceptors (Lipinski definition) is 0. The van der Waals surface area contributed by atoms with Gasteiger partial charge in [-0.25, -0.2) is 0 Å². The summed E-state index contributed by atoms with van der Waals surface area (Å²) in [5.74, 6) is 0.926. The van der Waals surface area contributed by atoms with E-state index in [0.29, 0.717) is 0 Å². The third kappa shape index (κ3) is 5.75. The minimum absolute atomic E-state index is 0.163. The van der Waals surface area contributed by atoms with Crippen LogP contribution in [0.5, 0.6) is 0 Å². The van der Waals surface area contributed by atoms with Gasteiger partial charge in [-0.1, -0.05) is 108 Å². The monoisotopic (exact) mass is 506 g/mol. The number of aryl methyl sites for hydroxylation is 2. The lowest BCUT2D eigenvalue weighted by Gasteiger charge is -2.46. The molecule has 0 spiro atoms. The van der Waals surface area contributed by atoms with Crippen LogP contribution in [0.2, 0.25) is 0 Å². The Labute approximate surface area is 218 Å². The molecule has 0 bridgehead atoms. The lowest BCUT2D eigenvalue weighted by Crippen LogP contribution is -2.35. The molecule has 0 heterocycles. The van der Waals surface area contributed by atoms with Gasteiger partial charge in [-0.05, 0) is 111 Å². The van der Waals surface area contributed by atoms with E-state index in [1.165, 1.54) is 62.5 Å². The summed E-state index contributed by atoms with van der Waals surface area (Å²) < 4.78 is 0. The maximum absolute atomic E-state index is 2.68. The minimum atomic E-state index is -0.341. The highest BCUT2D eigenvalue weighted by molar-refractivity contribution is 7.73. The summed E-state index contributed by atoms with van der Waals surface area (Å²) in [5, 5.41) is 3.30. The Hall–Kier alpha value is -0.700. The van der Waals surface area contributed by atoms with Crippen LogP contribution in [0.25, 0.3) is 0 Å². The Morgan fingerprint density at radius 1 is 0.600 bits per heavy atom. The average molecular weight is 507 g/mol. The SMILES string of the molecule is Cc1ccccc1P(c1ccccc1C)[C@H](C)[C@@H]1CCC[C@@H]1P(C1CCCCC1)C1CCCCC1. The molecule has 3 saturated carbocycles. The summed E-state index contributed by atoms with van der Waals surface area (Å²) in [6.45, 7) is 7.40. The standard InChI is InChI=1S/C33H48P2/c1-25-15-10-12-22-31(25)34(32-23-13-11-16-26(32)2)27(3)30-21-14-24-33(30)35(28-17-6-4-7-18-28)29-19-8-5-9-20-29/h10-13,15-16,22-23,27-30,33H,4-9,14,17-21,24H2,1-3H3/t27-,30+,33+/m1/s1. The van der Waals surface area contributed by atoms with Gasteiger partial charge in [0.05, 0.1) is 0 Å². The molecule has 0 aromatic heterocycles. The van der Waals surface area contributed by atoms with Gasteiger partial charge in [-0.3, -0.25) is 0 Å². The van der Waals surface area contributed by atoms with Gasteiger partial charge in [0, 0.05) is 0 Å². The van der Waals surface area contributed by atoms with Gasteiger partial charge in [-0.2, -0.15) is 0 Å². The van der Waals surface area contributed by atoms with Crippen molar-refractivity contribution in [2.24, 2.45) is 5.92 Å². The van der Waals surface area contributed by atoms with E-state index in [1.807, 2.05) is 0 Å². The number of rotatable bonds is 7. The fraction of sp³-hybridized carbons (Fsp3) is 0.636. The quantitative estimate of drug-likeness (QED) is 0.328. The summed E-state index contributed by atoms with van der Waals surface area (Å²) in [6, 6.07) is 18.7. The second-order valence-corrected chi connectivity index (χ2v) is 17.4. The van der Waals surface area contributed by atoms with Crippen LogP contribution < -0.4 is 10.6 Å². The maximum Gasteiger partial charge on any atom is -0.0123 e. The molecule has 2 heteroatoms. The van der Waals surface area contributed by atoms with Crippen LogP contribution in [0.4, 0.5) is 0 Å². The van der Waals surface area contributed by atoms with Crippen LogP contribution >= 0.6 is 15.8 Å². The molecule has 3 aliphatic rings. The largest absolute Gasteiger partial charge is 0.0968 e. The molecule has 0 radical (unpaired) electrons. The summed E-state index contributed by atoms with van der Waals surface area (Å²) >= 11 is 0. The van der Waals surface area contributed by atoms with Crippen molar-refractivity contribution in [2.45, 2.75) is 127 Å². The van der Waals surface area contributed by atoms with Gasteiger partial charge in [0.1, 0.15) is 0 Å². The zero-order valence-electron chi connectivity index (χ0n) is 22.6. The normalized spacial score (nSPS) is 25.4. The molecule has 2 aromatic rings. The predicted octanol–water partition coefficient (Wildman–Crippen LogP) is 9.44. The van der Waals surface area contributed by atoms with E-state index in [-0.39, 0.29) is 15.8 Å². The predicted molar refractivity (Wildman–Crippen MR) is 160 cm³/mol. The lowest BCUT2D eigenvalue weighted by atomic mass is 9.99. The van der Waals surface area contributed by atoms with Crippen molar-refractivity contribution in [1.29, 1.82) is 0 Å². The van der Waals surface area contributed by atoms with Gasteiger partial charge in [0.15, 0.2) is 0 Å². The van der Waals surface area contributed by atoms with E-state index < -0.39 is 0 Å². The first-order valence-electron chi connectivity index (χ1n) is 14.8. The molecule has 0 saturated heterocycles. The van der Waals surface area contributed by atoms with Crippen molar-refractivity contribution < 1.29 is 0 Å². The van der Waals surface area contributed by atoms with Crippen molar-refractivity contribution >= 4 is 26.5 Å². The molecule has 3 atom stereocenters. The Kier molecular flexibility index (Phi) is 9.06. The Bertz CT molecular complexity index is 876. The average Bonchev–Trinajstić information content (AvgIpc) is 3.37. The lowest BCUT2D eigenvalue weighted by molar-refractivity contribution is 0.469. The Balaban J connectivity index is 1.50. The van der Waals surface area contributed by atoms with Crippen LogP contribution in [0.1, 0.15) is 102 Å². The van der Waals surface area contributed by atoms with E-state index >= 15 is 0 Å². The Morgan fingerprint density at radius 3 is 1.57 bits per heavy atom. The molecule has 0 N–H and O–H groups in total. The molecule has 2 aromatic carbocycles. The Morgan fingerprint density at radius 2 is 1.09 bits per heavy atom. The summed E-state index contributed by atoms with van der Waals surface area (Å²) in [5.41, 5.74) is 6.99. The van der Waals surface area contributed by atoms with Crippen LogP contribution in [0.15, 0.2) is 48.5 Å². The van der Waals surface area contributed by atoms with Gasteiger partial charge in [-0.15, -0.1) is 0 Å². The molecule has 0 nitrogen and oxygen atoms in total. The van der Waals surface area contributed by atoms with Gasteiger partial charge in [0.2, 0.25) is 0 Å². The van der Waals surface area contributed by atoms with Gasteiger partial charge < -0.3 is 0 Å². The molecule has 0 unspecified atom stereocenters. The third-order valence-corrected chi connectivity index (χ3v) is 17.0. The fourth-order valence-corrected chi connectivity index (χ4v) is 16.3. The first-order chi connectivity index (χ1) is 17.1. The zero-order valence-corrected chi connectivity index (χ0v) is 24.4. The highest BCUT2D eigenvalue weighted by atomic mass is 31.1. The van der Waals surface area contributed by atoms with E-state index in [2.05, 4.69) is 69.3 Å². The van der Waals surface area contributed by atoms with E-state index in [4.69, 9.17) is 0 Å². The van der Waals surface area contributed by atoms with Gasteiger partial charge >= 0.3 is 0 Å². The molecule has 0 aliphatic heterocycles. The van der Waals surface area contributed by atoms with Crippen LogP contribution in [-0.4, -0.2) is 22.6 Å². The molecule has 0 amide bonds. The molecule has 35 heavy (non-hydrogen) atoms. The molecular formula is C33H48P2. The fourth-order valence-electron chi connectivity index (χ4n) is 7.93. The van der Waals surface area contributed by atoms with Crippen molar-refractivity contribution in [2.75, 3.05) is 0 Å². The number of hydrogen-bond donors (Lipinski definition) is 0. The third-order valence-electron chi connectivity index (χ3n) is 9.68. The smallest absolute Gasteiger partial charge is 0.0123 e. The topological polar surface area (TPSA) is 0 Å². The molecule has 5 rings (SSSR count). The molecular weight excluding hydrogens is 458 g/mol. The highest BCUT2D eigenvalue weighted by Gasteiger charge is 2.45. The van der Waals surface area contributed by atoms with E-state index in [9.17, 15) is 0 Å². The second kappa shape index (κ2) is 12.2. The zero-order chi connectivity index (χ0) is 24.2. The summed E-state index contributed by atoms with van der Waals surface area (Å²) in [7, 11) is -0.178. The number of benzene rings is 2. The van der Waals surface area contributed by atoms with Crippen LogP contribution in [0, 0.1) is 19.8 Å². The van der Waals surface area contributed by atoms with Gasteiger partial charge in [0.25, 0.3) is 0 Å². The van der Waals surface area contributed by atoms with Crippen LogP contribution in [-0.2, 0) is 0 Å². The second-order valence-electron chi connectivity index (χ2n) is 11.9. The summed E-state index contributed by atoms with van der Waals surface area (Å²) in [6.07, 6.45) is 19.8. The van der Waals surface area contributed by atoms with Crippen molar-refractivity contribution in [1.82, 2.24) is 0 Å². The first kappa shape index (κ1) is 25.9. The first-order valence-corrected chi connectivity index (χ1v) is 17.8. The summed E-state index contributed by atoms with van der Waals surface area (Å²) in [4.78, 5) is 0. The van der Waals surface area contributed by atoms with Crippen molar-refractivity contribution in [3.63, 3.8) is 0 Å². The molecule has 190 valence electrons. The highest BCUT2D eigenvalue weighted by Crippen LogP contribution is 2.65. The van der Waals surface area contributed by atoms with Crippen LogP contribution in [0.3, 0.4) is 0 Å².